The van der Waals surface area contributed by atoms with Crippen LogP contribution in [0.5, 0.6) is 0 Å². The van der Waals surface area contributed by atoms with Crippen molar-refractivity contribution in [1.29, 1.82) is 0 Å². The Hall–Kier alpha value is -3.67. The lowest BCUT2D eigenvalue weighted by atomic mass is 10.0. The Morgan fingerprint density at radius 2 is 1.37 bits per heavy atom. The van der Waals surface area contributed by atoms with E-state index in [1.54, 1.807) is 4.40 Å². The van der Waals surface area contributed by atoms with Gasteiger partial charge in [-0.2, -0.15) is 0 Å². The van der Waals surface area contributed by atoms with Crippen molar-refractivity contribution in [1.82, 2.24) is 14.7 Å². The van der Waals surface area contributed by atoms with E-state index in [9.17, 15) is 9.59 Å². The number of pyridine rings is 1. The van der Waals surface area contributed by atoms with Crippen LogP contribution in [0, 0.1) is 0 Å². The zero-order valence-corrected chi connectivity index (χ0v) is 24.5. The Labute approximate surface area is 242 Å². The highest BCUT2D eigenvalue weighted by Crippen LogP contribution is 2.30. The molecule has 0 fully saturated rings. The number of hydrogen-bond acceptors (Lipinski definition) is 3. The molecule has 6 nitrogen and oxygen atoms in total. The van der Waals surface area contributed by atoms with Gasteiger partial charge in [0.1, 0.15) is 5.65 Å². The van der Waals surface area contributed by atoms with Crippen LogP contribution in [0.1, 0.15) is 96.8 Å². The van der Waals surface area contributed by atoms with Crippen LogP contribution >= 0.6 is 0 Å². The monoisotopic (exact) mass is 552 g/mol. The number of amides is 2. The summed E-state index contributed by atoms with van der Waals surface area (Å²) in [6.07, 6.45) is 18.4. The molecule has 0 saturated heterocycles. The Balaban J connectivity index is 1.06. The molecule has 2 amide bonds. The highest BCUT2D eigenvalue weighted by atomic mass is 16.2. The zero-order valence-electron chi connectivity index (χ0n) is 24.5. The van der Waals surface area contributed by atoms with E-state index in [0.717, 1.165) is 34.5 Å². The number of urea groups is 1. The number of aromatic nitrogens is 2. The van der Waals surface area contributed by atoms with Gasteiger partial charge in [0.25, 0.3) is 5.56 Å². The van der Waals surface area contributed by atoms with Gasteiger partial charge in [0.2, 0.25) is 0 Å². The molecule has 0 aliphatic carbocycles. The average molecular weight is 553 g/mol. The minimum atomic E-state index is -0.223. The van der Waals surface area contributed by atoms with E-state index in [1.165, 1.54) is 77.0 Å². The summed E-state index contributed by atoms with van der Waals surface area (Å²) in [4.78, 5) is 30.8. The largest absolute Gasteiger partial charge is 0.338 e. The highest BCUT2D eigenvalue weighted by molar-refractivity contribution is 6.15. The first-order valence-corrected chi connectivity index (χ1v) is 15.8. The molecule has 0 aliphatic heterocycles. The molecule has 2 heterocycles. The number of carbonyl (C=O) groups is 1. The standard InChI is InChI=1S/C35H44N4O2/c1-2-3-4-5-6-7-8-9-10-11-12-13-14-15-24-36-35(41)37-27-22-23-30-31(25-27)39-33(38-30)28-20-16-18-26-19-17-21-29(32(26)28)34(39)40/h16-23,25H,2-15,24H2,1H3,(H2,36,37,41). The molecule has 3 aromatic carbocycles. The van der Waals surface area contributed by atoms with Crippen molar-refractivity contribution in [3.05, 3.63) is 65.0 Å². The molecular weight excluding hydrogens is 508 g/mol. The summed E-state index contributed by atoms with van der Waals surface area (Å²) < 4.78 is 1.67. The summed E-state index contributed by atoms with van der Waals surface area (Å²) in [6, 6.07) is 17.2. The normalized spacial score (nSPS) is 11.7. The number of fused-ring (bicyclic) bond motifs is 4. The summed E-state index contributed by atoms with van der Waals surface area (Å²) in [5.74, 6) is 0. The first-order chi connectivity index (χ1) is 20.2. The third-order valence-corrected chi connectivity index (χ3v) is 8.31. The fraction of sp³-hybridized carbons (Fsp3) is 0.457. The molecule has 0 atom stereocenters. The van der Waals surface area contributed by atoms with E-state index in [1.807, 2.05) is 54.6 Å². The number of benzene rings is 3. The molecule has 2 N–H and O–H groups in total. The van der Waals surface area contributed by atoms with Crippen molar-refractivity contribution in [2.75, 3.05) is 11.9 Å². The van der Waals surface area contributed by atoms with E-state index in [-0.39, 0.29) is 11.6 Å². The van der Waals surface area contributed by atoms with Crippen LogP contribution in [-0.2, 0) is 0 Å². The molecule has 5 aromatic rings. The molecule has 0 spiro atoms. The maximum Gasteiger partial charge on any atom is 0.319 e. The Bertz CT molecular complexity index is 1640. The molecule has 0 saturated carbocycles. The number of anilines is 1. The lowest BCUT2D eigenvalue weighted by molar-refractivity contribution is 0.252. The fourth-order valence-electron chi connectivity index (χ4n) is 6.06. The topological polar surface area (TPSA) is 75.5 Å². The lowest BCUT2D eigenvalue weighted by Crippen LogP contribution is -2.29. The molecular formula is C35H44N4O2. The van der Waals surface area contributed by atoms with Crippen molar-refractivity contribution >= 4 is 49.9 Å². The maximum atomic E-state index is 13.5. The van der Waals surface area contributed by atoms with Crippen LogP contribution in [0.2, 0.25) is 0 Å². The average Bonchev–Trinajstić information content (AvgIpc) is 3.37. The van der Waals surface area contributed by atoms with Gasteiger partial charge in [0.05, 0.1) is 11.0 Å². The Kier molecular flexibility index (Phi) is 10.1. The molecule has 5 rings (SSSR count). The summed E-state index contributed by atoms with van der Waals surface area (Å²) in [6.45, 7) is 2.93. The number of carbonyl (C=O) groups excluding carboxylic acids is 1. The molecule has 0 bridgehead atoms. The minimum absolute atomic E-state index is 0.0915. The summed E-state index contributed by atoms with van der Waals surface area (Å²) in [5, 5.41) is 9.51. The van der Waals surface area contributed by atoms with Gasteiger partial charge in [-0.15, -0.1) is 0 Å². The van der Waals surface area contributed by atoms with Crippen LogP contribution in [0.15, 0.2) is 59.4 Å². The highest BCUT2D eigenvalue weighted by Gasteiger charge is 2.16. The van der Waals surface area contributed by atoms with Crippen molar-refractivity contribution in [2.24, 2.45) is 0 Å². The summed E-state index contributed by atoms with van der Waals surface area (Å²) in [7, 11) is 0. The Morgan fingerprint density at radius 1 is 0.756 bits per heavy atom. The van der Waals surface area contributed by atoms with Gasteiger partial charge in [-0.3, -0.25) is 9.20 Å². The molecule has 2 aromatic heterocycles. The molecule has 0 aliphatic rings. The number of hydrogen-bond donors (Lipinski definition) is 2. The summed E-state index contributed by atoms with van der Waals surface area (Å²) in [5.41, 5.74) is 2.62. The van der Waals surface area contributed by atoms with Crippen molar-refractivity contribution in [3.63, 3.8) is 0 Å². The lowest BCUT2D eigenvalue weighted by Gasteiger charge is -2.08. The van der Waals surface area contributed by atoms with E-state index in [4.69, 9.17) is 4.98 Å². The van der Waals surface area contributed by atoms with Gasteiger partial charge in [-0.25, -0.2) is 9.78 Å². The third kappa shape index (κ3) is 6.98. The second kappa shape index (κ2) is 14.3. The van der Waals surface area contributed by atoms with Gasteiger partial charge >= 0.3 is 6.03 Å². The predicted molar refractivity (Wildman–Crippen MR) is 172 cm³/mol. The molecule has 6 heteroatoms. The van der Waals surface area contributed by atoms with E-state index in [2.05, 4.69) is 17.6 Å². The van der Waals surface area contributed by atoms with Gasteiger partial charge in [-0.05, 0) is 36.1 Å². The molecule has 216 valence electrons. The first-order valence-electron chi connectivity index (χ1n) is 15.8. The zero-order chi connectivity index (χ0) is 28.4. The van der Waals surface area contributed by atoms with Crippen molar-refractivity contribution < 1.29 is 4.79 Å². The van der Waals surface area contributed by atoms with Crippen LogP contribution < -0.4 is 16.2 Å². The van der Waals surface area contributed by atoms with Crippen molar-refractivity contribution in [3.8, 4) is 0 Å². The third-order valence-electron chi connectivity index (χ3n) is 8.31. The van der Waals surface area contributed by atoms with Gasteiger partial charge in [-0.1, -0.05) is 121 Å². The van der Waals surface area contributed by atoms with Crippen LogP contribution in [0.4, 0.5) is 10.5 Å². The maximum absolute atomic E-state index is 13.5. The van der Waals surface area contributed by atoms with Crippen LogP contribution in [-0.4, -0.2) is 22.0 Å². The SMILES string of the molecule is CCCCCCCCCCCCCCCCNC(=O)Nc1ccc2nc3c4cccc5cccc(c(=O)n3c2c1)c54. The second-order valence-electron chi connectivity index (χ2n) is 11.5. The van der Waals surface area contributed by atoms with Crippen LogP contribution in [0.3, 0.4) is 0 Å². The molecule has 0 radical (unpaired) electrons. The Morgan fingerprint density at radius 3 is 2.02 bits per heavy atom. The minimum Gasteiger partial charge on any atom is -0.338 e. The first kappa shape index (κ1) is 28.8. The van der Waals surface area contributed by atoms with E-state index in [0.29, 0.717) is 28.8 Å². The number of nitrogens with one attached hydrogen (secondary N) is 2. The number of imidazole rings is 1. The predicted octanol–water partition coefficient (Wildman–Crippen LogP) is 9.19. The smallest absolute Gasteiger partial charge is 0.319 e. The second-order valence-corrected chi connectivity index (χ2v) is 11.5. The number of nitrogens with zero attached hydrogens (tertiary/aromatic N) is 2. The van der Waals surface area contributed by atoms with Gasteiger partial charge in [0.15, 0.2) is 0 Å². The van der Waals surface area contributed by atoms with E-state index >= 15 is 0 Å². The van der Waals surface area contributed by atoms with Gasteiger partial charge < -0.3 is 10.6 Å². The van der Waals surface area contributed by atoms with E-state index < -0.39 is 0 Å². The number of unbranched alkanes of at least 4 members (excludes halogenated alkanes) is 13. The quantitative estimate of drug-likeness (QED) is 0.120. The fourth-order valence-corrected chi connectivity index (χ4v) is 6.06. The molecule has 0 unspecified atom stereocenters. The molecule has 41 heavy (non-hydrogen) atoms. The summed E-state index contributed by atoms with van der Waals surface area (Å²) >= 11 is 0. The number of rotatable bonds is 16. The van der Waals surface area contributed by atoms with Crippen LogP contribution in [0.25, 0.3) is 38.2 Å². The van der Waals surface area contributed by atoms with Crippen molar-refractivity contribution in [2.45, 2.75) is 96.8 Å². The van der Waals surface area contributed by atoms with Gasteiger partial charge in [0, 0.05) is 28.4 Å².